The fraction of sp³-hybridized carbons (Fsp3) is 0.778. The Morgan fingerprint density at radius 1 is 1.18 bits per heavy atom. The van der Waals surface area contributed by atoms with Crippen molar-refractivity contribution >= 4 is 11.9 Å². The van der Waals surface area contributed by atoms with Gasteiger partial charge in [0.15, 0.2) is 0 Å². The van der Waals surface area contributed by atoms with Gasteiger partial charge < -0.3 is 30.9 Å². The molecular formula is C9H18N2Na2O4. The first-order valence-corrected chi connectivity index (χ1v) is 4.82. The first kappa shape index (κ1) is 26.4. The smallest absolute Gasteiger partial charge is 0.550 e. The minimum atomic E-state index is -1.44. The number of aliphatic carboxylic acids is 2. The molecule has 0 bridgehead atoms. The molecule has 0 aliphatic carbocycles. The van der Waals surface area contributed by atoms with Gasteiger partial charge >= 0.3 is 59.1 Å². The van der Waals surface area contributed by atoms with E-state index in [1.54, 1.807) is 0 Å². The summed E-state index contributed by atoms with van der Waals surface area (Å²) in [6.07, 6.45) is -0.500. The Labute approximate surface area is 146 Å². The van der Waals surface area contributed by atoms with Crippen molar-refractivity contribution in [3.05, 3.63) is 0 Å². The zero-order valence-corrected chi connectivity index (χ0v) is 15.1. The number of carbonyl (C=O) groups excluding carboxylic acids is 2. The standard InChI is InChI=1S/C5H9NO4.C4H11N.2Na/c6-3(5(9)10)1-2-4(7)8;1-3-5-4-2;;/h3H,1-2,6H2,(H,7,8)(H,9,10);5H,3-4H2,1-2H3;;/q;;2*+1/p-2/t3-;;;/m0.../s1. The van der Waals surface area contributed by atoms with E-state index in [1.807, 2.05) is 0 Å². The monoisotopic (exact) mass is 264 g/mol. The van der Waals surface area contributed by atoms with E-state index < -0.39 is 18.0 Å². The number of hydrogen-bond acceptors (Lipinski definition) is 6. The van der Waals surface area contributed by atoms with Gasteiger partial charge in [0.25, 0.3) is 0 Å². The second-order valence-corrected chi connectivity index (χ2v) is 2.79. The SMILES string of the molecule is CCNCC.N[C@@H](CCC(=O)[O-])C(=O)[O-].[Na+].[Na+]. The number of nitrogens with two attached hydrogens (primary N) is 1. The first-order chi connectivity index (χ1) is 6.95. The van der Waals surface area contributed by atoms with Crippen molar-refractivity contribution in [1.82, 2.24) is 5.32 Å². The number of carboxylic acids is 2. The van der Waals surface area contributed by atoms with Gasteiger partial charge in [-0.2, -0.15) is 0 Å². The van der Waals surface area contributed by atoms with Crippen LogP contribution in [-0.4, -0.2) is 31.1 Å². The molecule has 6 nitrogen and oxygen atoms in total. The van der Waals surface area contributed by atoms with Crippen LogP contribution in [0.3, 0.4) is 0 Å². The van der Waals surface area contributed by atoms with E-state index in [-0.39, 0.29) is 72.0 Å². The molecule has 0 heterocycles. The van der Waals surface area contributed by atoms with Crippen LogP contribution in [0.1, 0.15) is 26.7 Å². The summed E-state index contributed by atoms with van der Waals surface area (Å²) in [5, 5.41) is 22.7. The van der Waals surface area contributed by atoms with Crippen LogP contribution in [0.25, 0.3) is 0 Å². The van der Waals surface area contributed by atoms with E-state index in [1.165, 1.54) is 0 Å². The summed E-state index contributed by atoms with van der Waals surface area (Å²) in [5.74, 6) is -2.75. The van der Waals surface area contributed by atoms with Crippen LogP contribution in [-0.2, 0) is 9.59 Å². The number of hydrogen-bond donors (Lipinski definition) is 2. The van der Waals surface area contributed by atoms with Crippen molar-refractivity contribution < 1.29 is 78.9 Å². The summed E-state index contributed by atoms with van der Waals surface area (Å²) >= 11 is 0. The predicted molar refractivity (Wildman–Crippen MR) is 51.4 cm³/mol. The van der Waals surface area contributed by atoms with Crippen molar-refractivity contribution in [3.63, 3.8) is 0 Å². The van der Waals surface area contributed by atoms with Gasteiger partial charge in [-0.05, 0) is 25.9 Å². The van der Waals surface area contributed by atoms with Crippen LogP contribution in [0.15, 0.2) is 0 Å². The summed E-state index contributed by atoms with van der Waals surface area (Å²) in [4.78, 5) is 19.6. The van der Waals surface area contributed by atoms with Gasteiger partial charge in [-0.3, -0.25) is 0 Å². The van der Waals surface area contributed by atoms with Crippen LogP contribution < -0.4 is 80.4 Å². The van der Waals surface area contributed by atoms with Crippen LogP contribution in [0.5, 0.6) is 0 Å². The summed E-state index contributed by atoms with van der Waals surface area (Å²) in [7, 11) is 0. The maximum atomic E-state index is 9.86. The third-order valence-electron chi connectivity index (χ3n) is 1.46. The van der Waals surface area contributed by atoms with Crippen LogP contribution in [0.2, 0.25) is 0 Å². The molecule has 0 saturated carbocycles. The van der Waals surface area contributed by atoms with Crippen molar-refractivity contribution in [1.29, 1.82) is 0 Å². The molecule has 0 spiro atoms. The molecule has 8 heteroatoms. The molecule has 0 unspecified atom stereocenters. The van der Waals surface area contributed by atoms with Gasteiger partial charge in [0.05, 0.1) is 5.97 Å². The largest absolute Gasteiger partial charge is 1.00 e. The van der Waals surface area contributed by atoms with E-state index >= 15 is 0 Å². The molecule has 0 saturated heterocycles. The summed E-state index contributed by atoms with van der Waals surface area (Å²) < 4.78 is 0. The van der Waals surface area contributed by atoms with Crippen molar-refractivity contribution in [2.45, 2.75) is 32.7 Å². The van der Waals surface area contributed by atoms with E-state index in [2.05, 4.69) is 19.2 Å². The quantitative estimate of drug-likeness (QED) is 0.460. The summed E-state index contributed by atoms with van der Waals surface area (Å²) in [5.41, 5.74) is 4.91. The van der Waals surface area contributed by atoms with Crippen LogP contribution in [0.4, 0.5) is 0 Å². The average molecular weight is 264 g/mol. The Kier molecular flexibility index (Phi) is 29.9. The fourth-order valence-corrected chi connectivity index (χ4v) is 0.641. The Morgan fingerprint density at radius 3 is 1.76 bits per heavy atom. The molecular weight excluding hydrogens is 246 g/mol. The third-order valence-corrected chi connectivity index (χ3v) is 1.46. The average Bonchev–Trinajstić information content (AvgIpc) is 2.16. The van der Waals surface area contributed by atoms with E-state index in [4.69, 9.17) is 5.73 Å². The van der Waals surface area contributed by atoms with Gasteiger partial charge in [-0.25, -0.2) is 0 Å². The third kappa shape index (κ3) is 26.5. The van der Waals surface area contributed by atoms with Crippen molar-refractivity contribution in [3.8, 4) is 0 Å². The molecule has 0 rings (SSSR count). The number of nitrogens with one attached hydrogen (secondary N) is 1. The Hall–Kier alpha value is 0.860. The molecule has 0 aliphatic rings. The molecule has 0 fully saturated rings. The van der Waals surface area contributed by atoms with Crippen LogP contribution in [0, 0.1) is 0 Å². The maximum Gasteiger partial charge on any atom is 1.00 e. The Morgan fingerprint density at radius 2 is 1.59 bits per heavy atom. The molecule has 1 atom stereocenters. The minimum Gasteiger partial charge on any atom is -0.550 e. The predicted octanol–water partition coefficient (Wildman–Crippen LogP) is -8.78. The topological polar surface area (TPSA) is 118 Å². The Bertz CT molecular complexity index is 192. The van der Waals surface area contributed by atoms with Crippen molar-refractivity contribution in [2.24, 2.45) is 5.73 Å². The fourth-order valence-electron chi connectivity index (χ4n) is 0.641. The normalized spacial score (nSPS) is 9.82. The summed E-state index contributed by atoms with van der Waals surface area (Å²) in [6, 6.07) is -1.21. The van der Waals surface area contributed by atoms with Crippen molar-refractivity contribution in [2.75, 3.05) is 13.1 Å². The van der Waals surface area contributed by atoms with Gasteiger partial charge in [-0.15, -0.1) is 0 Å². The van der Waals surface area contributed by atoms with Crippen LogP contribution >= 0.6 is 0 Å². The molecule has 0 aliphatic heterocycles. The summed E-state index contributed by atoms with van der Waals surface area (Å²) in [6.45, 7) is 6.39. The number of carbonyl (C=O) groups is 2. The molecule has 0 aromatic rings. The zero-order chi connectivity index (χ0) is 12.3. The maximum absolute atomic E-state index is 9.86. The second-order valence-electron chi connectivity index (χ2n) is 2.79. The van der Waals surface area contributed by atoms with E-state index in [0.717, 1.165) is 13.1 Å². The number of rotatable bonds is 6. The first-order valence-electron chi connectivity index (χ1n) is 4.82. The molecule has 0 aromatic carbocycles. The molecule has 0 aromatic heterocycles. The van der Waals surface area contributed by atoms with Gasteiger partial charge in [0.1, 0.15) is 0 Å². The molecule has 0 amide bonds. The minimum absolute atomic E-state index is 0. The zero-order valence-electron chi connectivity index (χ0n) is 11.1. The van der Waals surface area contributed by atoms with E-state index in [9.17, 15) is 19.8 Å². The molecule has 0 radical (unpaired) electrons. The van der Waals surface area contributed by atoms with Gasteiger partial charge in [0, 0.05) is 12.0 Å². The van der Waals surface area contributed by atoms with Gasteiger partial charge in [-0.1, -0.05) is 13.8 Å². The molecule has 17 heavy (non-hydrogen) atoms. The molecule has 3 N–H and O–H groups in total. The molecule has 90 valence electrons. The number of carboxylic acid groups (broad SMARTS) is 2. The second kappa shape index (κ2) is 19.2. The van der Waals surface area contributed by atoms with Gasteiger partial charge in [0.2, 0.25) is 0 Å². The van der Waals surface area contributed by atoms with E-state index in [0.29, 0.717) is 0 Å². The Balaban J connectivity index is -0.000000105.